The van der Waals surface area contributed by atoms with E-state index in [1.54, 1.807) is 0 Å². The van der Waals surface area contributed by atoms with E-state index in [1.165, 1.54) is 23.9 Å². The number of nitrogens with two attached hydrogens (primary N) is 1. The van der Waals surface area contributed by atoms with Crippen molar-refractivity contribution in [1.29, 1.82) is 0 Å². The van der Waals surface area contributed by atoms with Gasteiger partial charge in [-0.2, -0.15) is 4.98 Å². The average molecular weight is 241 g/mol. The molecule has 3 N–H and O–H groups in total. The molecule has 7 heteroatoms. The Bertz CT molecular complexity index is 455. The summed E-state index contributed by atoms with van der Waals surface area (Å²) in [6, 6.07) is 1.52. The Balaban J connectivity index is 2.23. The Morgan fingerprint density at radius 2 is 2.59 bits per heavy atom. The van der Waals surface area contributed by atoms with E-state index in [9.17, 15) is 9.90 Å². The highest BCUT2D eigenvalue weighted by atomic mass is 16.6. The number of hydrogen-bond donors (Lipinski definition) is 2. The third-order valence-electron chi connectivity index (χ3n) is 2.97. The first kappa shape index (κ1) is 12.0. The number of aliphatic hydroxyl groups is 1. The molecular formula is C10H15N3O4. The second-order valence-corrected chi connectivity index (χ2v) is 4.06. The van der Waals surface area contributed by atoms with Crippen molar-refractivity contribution in [3.63, 3.8) is 0 Å². The summed E-state index contributed by atoms with van der Waals surface area (Å²) < 4.78 is 12.0. The summed E-state index contributed by atoms with van der Waals surface area (Å²) in [5.74, 6) is 0.171. The summed E-state index contributed by atoms with van der Waals surface area (Å²) in [5.41, 5.74) is 4.18. The summed E-state index contributed by atoms with van der Waals surface area (Å²) in [6.45, 7) is 0.0820. The molecule has 0 saturated carbocycles. The Hall–Kier alpha value is -1.44. The molecule has 1 aromatic heterocycles. The highest BCUT2D eigenvalue weighted by Gasteiger charge is 2.41. The van der Waals surface area contributed by atoms with Crippen LogP contribution in [0.2, 0.25) is 0 Å². The number of anilines is 1. The second kappa shape index (κ2) is 4.44. The molecule has 1 aliphatic heterocycles. The number of aromatic nitrogens is 2. The second-order valence-electron chi connectivity index (χ2n) is 4.06. The lowest BCUT2D eigenvalue weighted by atomic mass is 10.0. The number of nitrogen functional groups attached to an aromatic ring is 1. The van der Waals surface area contributed by atoms with Crippen LogP contribution < -0.4 is 11.4 Å². The fraction of sp³-hybridized carbons (Fsp3) is 0.600. The maximum atomic E-state index is 11.6. The molecule has 94 valence electrons. The van der Waals surface area contributed by atoms with Gasteiger partial charge in [0.15, 0.2) is 0 Å². The van der Waals surface area contributed by atoms with Crippen LogP contribution in [-0.2, 0) is 9.47 Å². The van der Waals surface area contributed by atoms with E-state index in [4.69, 9.17) is 15.2 Å². The van der Waals surface area contributed by atoms with Crippen LogP contribution in [-0.4, -0.2) is 40.6 Å². The molecule has 2 heterocycles. The van der Waals surface area contributed by atoms with Crippen LogP contribution in [0.15, 0.2) is 17.1 Å². The van der Waals surface area contributed by atoms with Crippen LogP contribution in [0.1, 0.15) is 12.6 Å². The van der Waals surface area contributed by atoms with Crippen molar-refractivity contribution in [2.45, 2.75) is 18.2 Å². The fourth-order valence-corrected chi connectivity index (χ4v) is 1.82. The number of nitrogens with zero attached hydrogens (tertiary/aromatic N) is 2. The highest BCUT2D eigenvalue weighted by Crippen LogP contribution is 2.32. The molecular weight excluding hydrogens is 226 g/mol. The first-order valence-corrected chi connectivity index (χ1v) is 5.22. The van der Waals surface area contributed by atoms with Crippen LogP contribution in [0, 0.1) is 0 Å². The largest absolute Gasteiger partial charge is 0.393 e. The van der Waals surface area contributed by atoms with E-state index < -0.39 is 17.5 Å². The summed E-state index contributed by atoms with van der Waals surface area (Å²) in [5, 5.41) is 9.27. The van der Waals surface area contributed by atoms with Crippen LogP contribution in [0.25, 0.3) is 0 Å². The monoisotopic (exact) mass is 241 g/mol. The van der Waals surface area contributed by atoms with Crippen molar-refractivity contribution in [1.82, 2.24) is 9.55 Å². The van der Waals surface area contributed by atoms with Crippen LogP contribution >= 0.6 is 0 Å². The van der Waals surface area contributed by atoms with E-state index in [0.717, 1.165) is 0 Å². The predicted molar refractivity (Wildman–Crippen MR) is 59.3 cm³/mol. The van der Waals surface area contributed by atoms with Gasteiger partial charge in [-0.25, -0.2) is 4.79 Å². The Morgan fingerprint density at radius 1 is 1.82 bits per heavy atom. The quantitative estimate of drug-likeness (QED) is 0.713. The molecule has 0 amide bonds. The average Bonchev–Trinajstić information content (AvgIpc) is 2.74. The van der Waals surface area contributed by atoms with Gasteiger partial charge < -0.3 is 20.3 Å². The third-order valence-corrected chi connectivity index (χ3v) is 2.97. The maximum Gasteiger partial charge on any atom is 0.351 e. The van der Waals surface area contributed by atoms with Crippen molar-refractivity contribution in [2.24, 2.45) is 0 Å². The van der Waals surface area contributed by atoms with Gasteiger partial charge in [-0.3, -0.25) is 4.57 Å². The normalized spacial score (nSPS) is 28.5. The van der Waals surface area contributed by atoms with Crippen LogP contribution in [0.4, 0.5) is 5.82 Å². The predicted octanol–water partition coefficient (Wildman–Crippen LogP) is -0.878. The molecule has 0 spiro atoms. The summed E-state index contributed by atoms with van der Waals surface area (Å²) in [7, 11) is 1.51. The fourth-order valence-electron chi connectivity index (χ4n) is 1.82. The number of ether oxygens (including phenoxy) is 2. The molecule has 0 bridgehead atoms. The first-order valence-electron chi connectivity index (χ1n) is 5.22. The van der Waals surface area contributed by atoms with E-state index in [0.29, 0.717) is 6.42 Å². The highest BCUT2D eigenvalue weighted by molar-refractivity contribution is 5.23. The van der Waals surface area contributed by atoms with Crippen LogP contribution in [0.3, 0.4) is 0 Å². The lowest BCUT2D eigenvalue weighted by Crippen LogP contribution is -2.36. The first-order chi connectivity index (χ1) is 8.10. The van der Waals surface area contributed by atoms with Gasteiger partial charge in [-0.15, -0.1) is 0 Å². The zero-order chi connectivity index (χ0) is 12.5. The number of methoxy groups -OCH3 is 1. The summed E-state index contributed by atoms with van der Waals surface area (Å²) in [6.07, 6.45) is 1.44. The van der Waals surface area contributed by atoms with Crippen molar-refractivity contribution < 1.29 is 14.6 Å². The van der Waals surface area contributed by atoms with E-state index >= 15 is 0 Å². The number of rotatable bonds is 3. The Morgan fingerprint density at radius 3 is 3.12 bits per heavy atom. The maximum absolute atomic E-state index is 11.6. The topological polar surface area (TPSA) is 99.6 Å². The van der Waals surface area contributed by atoms with E-state index in [-0.39, 0.29) is 19.0 Å². The molecule has 0 unspecified atom stereocenters. The number of hydrogen-bond acceptors (Lipinski definition) is 6. The van der Waals surface area contributed by atoms with Crippen molar-refractivity contribution in [3.8, 4) is 0 Å². The van der Waals surface area contributed by atoms with Crippen molar-refractivity contribution in [3.05, 3.63) is 22.7 Å². The smallest absolute Gasteiger partial charge is 0.351 e. The Kier molecular flexibility index (Phi) is 3.14. The summed E-state index contributed by atoms with van der Waals surface area (Å²) in [4.78, 5) is 15.2. The third kappa shape index (κ3) is 2.17. The molecule has 2 atom stereocenters. The van der Waals surface area contributed by atoms with Gasteiger partial charge in [0.1, 0.15) is 17.6 Å². The standard InChI is InChI=1S/C10H15N3O4/c1-16-10(5-14)4-8(17-6-10)13-3-2-7(11)12-9(13)15/h2-3,8,14H,4-6H2,1H3,(H2,11,12,15)/t8-,10-/m1/s1. The van der Waals surface area contributed by atoms with Crippen molar-refractivity contribution in [2.75, 3.05) is 26.1 Å². The van der Waals surface area contributed by atoms with Crippen LogP contribution in [0.5, 0.6) is 0 Å². The van der Waals surface area contributed by atoms with Gasteiger partial charge in [-0.05, 0) is 6.07 Å². The number of aliphatic hydroxyl groups excluding tert-OH is 1. The minimum Gasteiger partial charge on any atom is -0.393 e. The van der Waals surface area contributed by atoms with Gasteiger partial charge in [0.2, 0.25) is 0 Å². The van der Waals surface area contributed by atoms with E-state index in [1.807, 2.05) is 0 Å². The molecule has 0 aliphatic carbocycles. The van der Waals surface area contributed by atoms with Gasteiger partial charge in [0, 0.05) is 19.7 Å². The van der Waals surface area contributed by atoms with Gasteiger partial charge in [0.05, 0.1) is 13.2 Å². The van der Waals surface area contributed by atoms with Gasteiger partial charge >= 0.3 is 5.69 Å². The molecule has 0 radical (unpaired) electrons. The summed E-state index contributed by atoms with van der Waals surface area (Å²) >= 11 is 0. The lowest BCUT2D eigenvalue weighted by molar-refractivity contribution is -0.0557. The molecule has 1 saturated heterocycles. The molecule has 0 aromatic carbocycles. The van der Waals surface area contributed by atoms with Gasteiger partial charge in [-0.1, -0.05) is 0 Å². The molecule has 2 rings (SSSR count). The molecule has 1 aliphatic rings. The molecule has 17 heavy (non-hydrogen) atoms. The van der Waals surface area contributed by atoms with E-state index in [2.05, 4.69) is 4.98 Å². The zero-order valence-electron chi connectivity index (χ0n) is 9.50. The SMILES string of the molecule is CO[C@]1(CO)CO[C@@H](n2ccc(N)nc2=O)C1. The minimum absolute atomic E-state index is 0.156. The molecule has 7 nitrogen and oxygen atoms in total. The van der Waals surface area contributed by atoms with Crippen molar-refractivity contribution >= 4 is 5.82 Å². The Labute approximate surface area is 97.8 Å². The molecule has 1 aromatic rings. The minimum atomic E-state index is -0.745. The van der Waals surface area contributed by atoms with Gasteiger partial charge in [0.25, 0.3) is 0 Å². The molecule has 1 fully saturated rings. The zero-order valence-corrected chi connectivity index (χ0v) is 9.50. The lowest BCUT2D eigenvalue weighted by Gasteiger charge is -2.22.